The molecule has 0 aliphatic carbocycles. The van der Waals surface area contributed by atoms with Crippen molar-refractivity contribution >= 4 is 10.1 Å². The molecule has 0 fully saturated rings. The lowest BCUT2D eigenvalue weighted by Crippen LogP contribution is -2.39. The molecule has 17 heavy (non-hydrogen) atoms. The molecule has 1 aliphatic rings. The van der Waals surface area contributed by atoms with Crippen LogP contribution >= 0.6 is 0 Å². The van der Waals surface area contributed by atoms with Crippen molar-refractivity contribution in [2.24, 2.45) is 0 Å². The van der Waals surface area contributed by atoms with Gasteiger partial charge in [-0.15, -0.1) is 0 Å². The maximum atomic E-state index is 11.2. The van der Waals surface area contributed by atoms with Gasteiger partial charge in [-0.1, -0.05) is 0 Å². The fourth-order valence-electron chi connectivity index (χ4n) is 1.71. The summed E-state index contributed by atoms with van der Waals surface area (Å²) in [5.74, 6) is 0. The van der Waals surface area contributed by atoms with Crippen LogP contribution in [0.3, 0.4) is 0 Å². The number of nitriles is 1. The van der Waals surface area contributed by atoms with Gasteiger partial charge in [0.2, 0.25) is 0 Å². The Kier molecular flexibility index (Phi) is 4.15. The highest BCUT2D eigenvalue weighted by Crippen LogP contribution is 2.21. The van der Waals surface area contributed by atoms with Gasteiger partial charge in [0.05, 0.1) is 11.3 Å². The third-order valence-corrected chi connectivity index (χ3v) is 3.52. The maximum absolute atomic E-state index is 11.2. The lowest BCUT2D eigenvalue weighted by molar-refractivity contribution is 0.385. The van der Waals surface area contributed by atoms with E-state index in [-0.39, 0.29) is 5.57 Å². The molecule has 0 aromatic heterocycles. The number of nitrogens with zero attached hydrogens (tertiary/aromatic N) is 2. The van der Waals surface area contributed by atoms with Crippen LogP contribution in [0.15, 0.2) is 23.5 Å². The molecule has 94 valence electrons. The third-order valence-electron chi connectivity index (χ3n) is 2.55. The van der Waals surface area contributed by atoms with Gasteiger partial charge >= 0.3 is 0 Å². The summed E-state index contributed by atoms with van der Waals surface area (Å²) < 4.78 is 31.4. The Labute approximate surface area is 101 Å². The highest BCUT2D eigenvalue weighted by Gasteiger charge is 2.31. The zero-order chi connectivity index (χ0) is 13.1. The summed E-state index contributed by atoms with van der Waals surface area (Å²) in [4.78, 5) is 1.86. The molecule has 1 aliphatic heterocycles. The minimum atomic E-state index is -4.34. The summed E-state index contributed by atoms with van der Waals surface area (Å²) in [5.41, 5.74) is 0.539. The molecule has 0 saturated heterocycles. The van der Waals surface area contributed by atoms with Crippen LogP contribution in [0.25, 0.3) is 0 Å². The highest BCUT2D eigenvalue weighted by atomic mass is 32.2. The minimum absolute atomic E-state index is 0.0127. The number of allylic oxidation sites excluding steroid dienone is 1. The number of likely N-dealkylation sites (N-methyl/N-ethyl adjacent to an activating group) is 1. The van der Waals surface area contributed by atoms with Gasteiger partial charge in [-0.2, -0.15) is 13.7 Å². The Balaban J connectivity index is 3.28. The Hall–Kier alpha value is -1.52. The maximum Gasteiger partial charge on any atom is 0.291 e. The van der Waals surface area contributed by atoms with Crippen molar-refractivity contribution in [3.05, 3.63) is 23.5 Å². The zero-order valence-electron chi connectivity index (χ0n) is 9.71. The van der Waals surface area contributed by atoms with Crippen LogP contribution in [0, 0.1) is 11.3 Å². The number of dihydropyridines is 1. The Morgan fingerprint density at radius 1 is 1.53 bits per heavy atom. The van der Waals surface area contributed by atoms with Crippen molar-refractivity contribution < 1.29 is 13.0 Å². The average molecular weight is 257 g/mol. The molecular weight excluding hydrogens is 242 g/mol. The first kappa shape index (κ1) is 13.5. The van der Waals surface area contributed by atoms with Crippen molar-refractivity contribution in [2.45, 2.75) is 19.2 Å². The summed E-state index contributed by atoms with van der Waals surface area (Å²) in [6.45, 7) is 5.12. The van der Waals surface area contributed by atoms with Gasteiger partial charge in [-0.05, 0) is 26.1 Å². The van der Waals surface area contributed by atoms with Crippen LogP contribution in [0.4, 0.5) is 0 Å². The summed E-state index contributed by atoms with van der Waals surface area (Å²) in [6.07, 6.45) is 3.06. The summed E-state index contributed by atoms with van der Waals surface area (Å²) >= 11 is 0. The molecule has 0 amide bonds. The first-order valence-electron chi connectivity index (χ1n) is 5.23. The monoisotopic (exact) mass is 257 g/mol. The molecule has 0 radical (unpaired) electrons. The van der Waals surface area contributed by atoms with Crippen LogP contribution in [-0.2, 0) is 10.1 Å². The SMILES string of the molecule is CCN(CC)C1=C(C#N)C(S(=O)(=O)O)NC=C1. The van der Waals surface area contributed by atoms with E-state index in [1.165, 1.54) is 6.20 Å². The largest absolute Gasteiger partial charge is 0.371 e. The minimum Gasteiger partial charge on any atom is -0.371 e. The van der Waals surface area contributed by atoms with E-state index in [1.54, 1.807) is 6.08 Å². The van der Waals surface area contributed by atoms with E-state index >= 15 is 0 Å². The Bertz CT molecular complexity index is 483. The van der Waals surface area contributed by atoms with E-state index in [2.05, 4.69) is 5.32 Å². The quantitative estimate of drug-likeness (QED) is 0.710. The number of hydrogen-bond donors (Lipinski definition) is 2. The van der Waals surface area contributed by atoms with Crippen molar-refractivity contribution in [1.29, 1.82) is 5.26 Å². The summed E-state index contributed by atoms with van der Waals surface area (Å²) in [6, 6.07) is 1.84. The molecule has 0 spiro atoms. The van der Waals surface area contributed by atoms with Gasteiger partial charge < -0.3 is 10.2 Å². The van der Waals surface area contributed by atoms with Crippen LogP contribution in [0.2, 0.25) is 0 Å². The van der Waals surface area contributed by atoms with Crippen LogP contribution < -0.4 is 5.32 Å². The normalized spacial score (nSPS) is 19.8. The van der Waals surface area contributed by atoms with Crippen LogP contribution in [-0.4, -0.2) is 36.3 Å². The van der Waals surface area contributed by atoms with Crippen LogP contribution in [0.5, 0.6) is 0 Å². The topological polar surface area (TPSA) is 93.4 Å². The fraction of sp³-hybridized carbons (Fsp3) is 0.500. The summed E-state index contributed by atoms with van der Waals surface area (Å²) in [7, 11) is -4.34. The molecule has 0 saturated carbocycles. The van der Waals surface area contributed by atoms with Crippen molar-refractivity contribution in [3.8, 4) is 6.07 Å². The second-order valence-electron chi connectivity index (χ2n) is 3.48. The van der Waals surface area contributed by atoms with E-state index in [0.29, 0.717) is 18.8 Å². The van der Waals surface area contributed by atoms with E-state index < -0.39 is 15.5 Å². The molecular formula is C10H15N3O3S. The van der Waals surface area contributed by atoms with Crippen molar-refractivity contribution in [3.63, 3.8) is 0 Å². The predicted octanol–water partition coefficient (Wildman–Crippen LogP) is 0.437. The smallest absolute Gasteiger partial charge is 0.291 e. The zero-order valence-corrected chi connectivity index (χ0v) is 10.5. The van der Waals surface area contributed by atoms with Gasteiger partial charge in [0.1, 0.15) is 6.07 Å². The molecule has 6 nitrogen and oxygen atoms in total. The second kappa shape index (κ2) is 5.21. The lowest BCUT2D eigenvalue weighted by Gasteiger charge is -2.28. The first-order chi connectivity index (χ1) is 7.95. The van der Waals surface area contributed by atoms with Gasteiger partial charge in [0.25, 0.3) is 10.1 Å². The Morgan fingerprint density at radius 2 is 2.12 bits per heavy atom. The van der Waals surface area contributed by atoms with Gasteiger partial charge in [0.15, 0.2) is 5.37 Å². The van der Waals surface area contributed by atoms with Gasteiger partial charge in [-0.25, -0.2) is 0 Å². The molecule has 1 heterocycles. The lowest BCUT2D eigenvalue weighted by atomic mass is 10.1. The van der Waals surface area contributed by atoms with Gasteiger partial charge in [-0.3, -0.25) is 4.55 Å². The Morgan fingerprint density at radius 3 is 2.53 bits per heavy atom. The number of rotatable bonds is 4. The van der Waals surface area contributed by atoms with E-state index in [1.807, 2.05) is 24.8 Å². The highest BCUT2D eigenvalue weighted by molar-refractivity contribution is 7.86. The third kappa shape index (κ3) is 2.78. The van der Waals surface area contributed by atoms with Crippen molar-refractivity contribution in [2.75, 3.05) is 13.1 Å². The second-order valence-corrected chi connectivity index (χ2v) is 4.98. The molecule has 0 aromatic rings. The van der Waals surface area contributed by atoms with E-state index in [4.69, 9.17) is 9.81 Å². The number of hydrogen-bond acceptors (Lipinski definition) is 5. The first-order valence-corrected chi connectivity index (χ1v) is 6.74. The molecule has 1 atom stereocenters. The van der Waals surface area contributed by atoms with E-state index in [0.717, 1.165) is 0 Å². The molecule has 2 N–H and O–H groups in total. The molecule has 0 bridgehead atoms. The van der Waals surface area contributed by atoms with Gasteiger partial charge in [0, 0.05) is 13.1 Å². The predicted molar refractivity (Wildman–Crippen MR) is 63.2 cm³/mol. The van der Waals surface area contributed by atoms with E-state index in [9.17, 15) is 8.42 Å². The average Bonchev–Trinajstić information content (AvgIpc) is 2.29. The molecule has 1 rings (SSSR count). The standard InChI is InChI=1S/C10H15N3O3S/c1-3-13(4-2)9-5-6-12-10(8(9)7-11)17(14,15)16/h5-6,10,12H,3-4H2,1-2H3,(H,14,15,16). The number of nitrogens with one attached hydrogen (secondary N) is 1. The molecule has 7 heteroatoms. The van der Waals surface area contributed by atoms with Crippen molar-refractivity contribution in [1.82, 2.24) is 10.2 Å². The summed E-state index contributed by atoms with van der Waals surface area (Å²) in [5, 5.41) is 10.1. The van der Waals surface area contributed by atoms with Crippen LogP contribution in [0.1, 0.15) is 13.8 Å². The molecule has 0 aromatic carbocycles. The molecule has 1 unspecified atom stereocenters. The fourth-order valence-corrected chi connectivity index (χ4v) is 2.43.